The fourth-order valence-corrected chi connectivity index (χ4v) is 12.9. The summed E-state index contributed by atoms with van der Waals surface area (Å²) in [6.45, 7) is 15.1. The lowest BCUT2D eigenvalue weighted by Gasteiger charge is -2.31. The van der Waals surface area contributed by atoms with E-state index in [1.807, 2.05) is 24.0 Å². The minimum atomic E-state index is -0.539. The first kappa shape index (κ1) is 49.9. The van der Waals surface area contributed by atoms with Gasteiger partial charge in [0.15, 0.2) is 5.78 Å². The lowest BCUT2D eigenvalue weighted by Crippen LogP contribution is -2.43. The topological polar surface area (TPSA) is 136 Å². The van der Waals surface area contributed by atoms with E-state index in [2.05, 4.69) is 119 Å². The summed E-state index contributed by atoms with van der Waals surface area (Å²) in [7, 11) is 5.08. The standard InChI is InChI=1S/C22H19NO4.C22H21NO3.C21H23NO2/c1-11-4-5-13-14(6-11)15-7-12(2)19(26-3)8-16(15)20-17(13)9-23-18(21(20)24)10-27-22(23)25;1-12-4-5-15-16(6-12)17-7-13(2)21(25-3)9-19(17)18-8-14-11-26-22(24)23(14)10-20(15)18;1-12-4-5-15-16(6-12)17-7-13(2)21(24-3)9-19(17)18-8-14(11-23)22-10-20(15)18/h4-8,18H,9-10H2,1-3H3;4-7,9,14H,8,10-11H2,1-3H3;4-7,9,14,22-23H,8,10-11H2,1-3H3/t18-;2*14-/m100/s1. The number of benzene rings is 9. The number of ether oxygens (including phenoxy) is 5. The Hall–Kier alpha value is -7.93. The van der Waals surface area contributed by atoms with Gasteiger partial charge in [0.25, 0.3) is 0 Å². The molecule has 5 aliphatic heterocycles. The SMILES string of the molecule is COc1cc2c3c(c4ccc(C)cc4c2cc1C)CN1C(=O)OC[C@@H]1C3.COc1cc2c3c(c4ccc(C)cc4c2cc1C)CN1C(=O)OC[C@@H]1C3=O.COc1cc2c3c(c4ccc(C)cc4c2cc1C)CN[C@H](CO)C3. The van der Waals surface area contributed by atoms with E-state index in [0.29, 0.717) is 25.3 Å². The van der Waals surface area contributed by atoms with Gasteiger partial charge in [-0.25, -0.2) is 9.59 Å². The maximum absolute atomic E-state index is 13.3. The van der Waals surface area contributed by atoms with Gasteiger partial charge in [-0.2, -0.15) is 0 Å². The predicted molar refractivity (Wildman–Crippen MR) is 303 cm³/mol. The zero-order valence-corrected chi connectivity index (χ0v) is 45.2. The second kappa shape index (κ2) is 19.3. The average Bonchev–Trinajstić information content (AvgIpc) is 4.00. The van der Waals surface area contributed by atoms with E-state index in [4.69, 9.17) is 23.7 Å². The summed E-state index contributed by atoms with van der Waals surface area (Å²) in [4.78, 5) is 41.0. The third-order valence-corrected chi connectivity index (χ3v) is 16.9. The molecule has 2 N–H and O–H groups in total. The van der Waals surface area contributed by atoms with Gasteiger partial charge in [-0.15, -0.1) is 0 Å². The van der Waals surface area contributed by atoms with Crippen molar-refractivity contribution in [3.8, 4) is 17.2 Å². The van der Waals surface area contributed by atoms with Crippen LogP contribution < -0.4 is 19.5 Å². The van der Waals surface area contributed by atoms with E-state index in [1.165, 1.54) is 76.5 Å². The van der Waals surface area contributed by atoms with Crippen LogP contribution in [-0.2, 0) is 41.9 Å². The summed E-state index contributed by atoms with van der Waals surface area (Å²) in [5.74, 6) is 2.54. The van der Waals surface area contributed by atoms with Crippen LogP contribution in [-0.4, -0.2) is 92.2 Å². The summed E-state index contributed by atoms with van der Waals surface area (Å²) in [6, 6.07) is 32.1. The highest BCUT2D eigenvalue weighted by Crippen LogP contribution is 2.44. The summed E-state index contributed by atoms with van der Waals surface area (Å²) >= 11 is 0. The molecule has 2 saturated heterocycles. The summed E-state index contributed by atoms with van der Waals surface area (Å²) < 4.78 is 27.1. The first-order chi connectivity index (χ1) is 37.2. The molecule has 3 atom stereocenters. The van der Waals surface area contributed by atoms with E-state index >= 15 is 0 Å². The van der Waals surface area contributed by atoms with Crippen LogP contribution in [0.5, 0.6) is 17.2 Å². The largest absolute Gasteiger partial charge is 0.496 e. The van der Waals surface area contributed by atoms with Crippen molar-refractivity contribution in [3.63, 3.8) is 0 Å². The van der Waals surface area contributed by atoms with Gasteiger partial charge < -0.3 is 34.1 Å². The third-order valence-electron chi connectivity index (χ3n) is 16.9. The molecule has 0 aliphatic carbocycles. The normalized spacial score (nSPS) is 18.3. The van der Waals surface area contributed by atoms with Crippen molar-refractivity contribution in [2.24, 2.45) is 0 Å². The molecule has 77 heavy (non-hydrogen) atoms. The number of cyclic esters (lactones) is 2. The van der Waals surface area contributed by atoms with Gasteiger partial charge in [0.05, 0.1) is 47.1 Å². The minimum absolute atomic E-state index is 0.0551. The molecule has 12 nitrogen and oxygen atoms in total. The molecule has 5 aliphatic rings. The van der Waals surface area contributed by atoms with Gasteiger partial charge in [-0.1, -0.05) is 71.3 Å². The Kier molecular flexibility index (Phi) is 12.5. The molecule has 0 aromatic heterocycles. The van der Waals surface area contributed by atoms with Crippen molar-refractivity contribution in [2.45, 2.75) is 92.1 Å². The molecular formula is C65H63N3O9. The van der Waals surface area contributed by atoms with Crippen molar-refractivity contribution in [2.75, 3.05) is 41.2 Å². The van der Waals surface area contributed by atoms with E-state index in [1.54, 1.807) is 26.2 Å². The van der Waals surface area contributed by atoms with Gasteiger partial charge in [-0.05, 0) is 200 Å². The van der Waals surface area contributed by atoms with Crippen molar-refractivity contribution in [1.29, 1.82) is 0 Å². The van der Waals surface area contributed by atoms with Crippen molar-refractivity contribution in [1.82, 2.24) is 15.1 Å². The number of rotatable bonds is 4. The number of hydrogen-bond donors (Lipinski definition) is 2. The molecule has 9 aromatic carbocycles. The summed E-state index contributed by atoms with van der Waals surface area (Å²) in [5, 5.41) is 27.2. The first-order valence-electron chi connectivity index (χ1n) is 26.5. The molecular weight excluding hydrogens is 967 g/mol. The number of ketones is 1. The number of nitrogens with zero attached hydrogens (tertiary/aromatic N) is 2. The lowest BCUT2D eigenvalue weighted by atomic mass is 9.84. The Balaban J connectivity index is 0.000000116. The van der Waals surface area contributed by atoms with Gasteiger partial charge in [0, 0.05) is 18.2 Å². The molecule has 9 aromatic rings. The average molecular weight is 1030 g/mol. The number of hydrogen-bond acceptors (Lipinski definition) is 10. The van der Waals surface area contributed by atoms with E-state index in [-0.39, 0.29) is 37.2 Å². The van der Waals surface area contributed by atoms with Crippen molar-refractivity contribution >= 4 is 82.6 Å². The van der Waals surface area contributed by atoms with Crippen molar-refractivity contribution in [3.05, 3.63) is 158 Å². The van der Waals surface area contributed by atoms with Crippen LogP contribution >= 0.6 is 0 Å². The predicted octanol–water partition coefficient (Wildman–Crippen LogP) is 12.3. The highest BCUT2D eigenvalue weighted by atomic mass is 16.6. The molecule has 2 amide bonds. The van der Waals surface area contributed by atoms with Gasteiger partial charge in [0.2, 0.25) is 0 Å². The number of fused-ring (bicyclic) bond motifs is 20. The number of nitrogens with one attached hydrogen (secondary N) is 1. The van der Waals surface area contributed by atoms with E-state index < -0.39 is 12.1 Å². The molecule has 2 fully saturated rings. The second-order valence-electron chi connectivity index (χ2n) is 21.6. The van der Waals surface area contributed by atoms with Crippen LogP contribution in [0.3, 0.4) is 0 Å². The number of aliphatic hydroxyl groups excluding tert-OH is 1. The Morgan fingerprint density at radius 2 is 0.935 bits per heavy atom. The Bertz CT molecular complexity index is 4010. The van der Waals surface area contributed by atoms with Crippen LogP contribution in [0.1, 0.15) is 71.6 Å². The number of aliphatic hydroxyl groups is 1. The molecule has 14 rings (SSSR count). The number of methoxy groups -OCH3 is 3. The number of carbonyl (C=O) groups is 3. The zero-order valence-electron chi connectivity index (χ0n) is 45.2. The maximum atomic E-state index is 13.3. The number of carbonyl (C=O) groups excluding carboxylic acids is 3. The first-order valence-corrected chi connectivity index (χ1v) is 26.5. The van der Waals surface area contributed by atoms with Crippen LogP contribution in [0, 0.1) is 41.5 Å². The molecule has 0 radical (unpaired) electrons. The van der Waals surface area contributed by atoms with Gasteiger partial charge in [0.1, 0.15) is 36.5 Å². The highest BCUT2D eigenvalue weighted by Gasteiger charge is 2.44. The monoisotopic (exact) mass is 1030 g/mol. The fraction of sp³-hybridized carbons (Fsp3) is 0.308. The molecule has 0 bridgehead atoms. The smallest absolute Gasteiger partial charge is 0.410 e. The van der Waals surface area contributed by atoms with Gasteiger partial charge >= 0.3 is 12.2 Å². The zero-order chi connectivity index (χ0) is 53.7. The summed E-state index contributed by atoms with van der Waals surface area (Å²) in [6.07, 6.45) is 1.06. The van der Waals surface area contributed by atoms with Crippen molar-refractivity contribution < 1.29 is 43.2 Å². The molecule has 0 unspecified atom stereocenters. The number of aryl methyl sites for hydroxylation is 6. The minimum Gasteiger partial charge on any atom is -0.496 e. The Labute approximate surface area is 447 Å². The quantitative estimate of drug-likeness (QED) is 0.164. The van der Waals surface area contributed by atoms with Crippen LogP contribution in [0.4, 0.5) is 9.59 Å². The Morgan fingerprint density at radius 3 is 1.47 bits per heavy atom. The third kappa shape index (κ3) is 8.23. The molecule has 392 valence electrons. The second-order valence-corrected chi connectivity index (χ2v) is 21.6. The van der Waals surface area contributed by atoms with E-state index in [9.17, 15) is 19.5 Å². The Morgan fingerprint density at radius 1 is 0.494 bits per heavy atom. The van der Waals surface area contributed by atoms with E-state index in [0.717, 1.165) is 86.0 Å². The molecule has 12 heteroatoms. The number of amides is 2. The fourth-order valence-electron chi connectivity index (χ4n) is 12.9. The summed E-state index contributed by atoms with van der Waals surface area (Å²) in [5.41, 5.74) is 13.8. The van der Waals surface area contributed by atoms with Crippen LogP contribution in [0.25, 0.3) is 64.6 Å². The molecule has 5 heterocycles. The number of Topliss-reactive ketones (excluding diaryl/α,β-unsaturated/α-hetero) is 1. The molecule has 0 saturated carbocycles. The highest BCUT2D eigenvalue weighted by molar-refractivity contribution is 6.22. The van der Waals surface area contributed by atoms with Crippen LogP contribution in [0.15, 0.2) is 91.0 Å². The van der Waals surface area contributed by atoms with Crippen LogP contribution in [0.2, 0.25) is 0 Å². The molecule has 0 spiro atoms. The maximum Gasteiger partial charge on any atom is 0.410 e. The van der Waals surface area contributed by atoms with Gasteiger partial charge in [-0.3, -0.25) is 14.6 Å². The lowest BCUT2D eigenvalue weighted by molar-refractivity contribution is 0.0865.